The van der Waals surface area contributed by atoms with Crippen molar-refractivity contribution in [1.29, 1.82) is 0 Å². The molecule has 0 fully saturated rings. The number of pyridine rings is 1. The Hall–Kier alpha value is -3.26. The van der Waals surface area contributed by atoms with Gasteiger partial charge >= 0.3 is 0 Å². The van der Waals surface area contributed by atoms with Crippen LogP contribution in [-0.4, -0.2) is 33.9 Å². The Morgan fingerprint density at radius 1 is 1.26 bits per heavy atom. The van der Waals surface area contributed by atoms with E-state index in [0.717, 1.165) is 16.0 Å². The first-order chi connectivity index (χ1) is 14.6. The molecule has 1 aromatic carbocycles. The molecule has 0 radical (unpaired) electrons. The Balaban J connectivity index is 1.90. The molecule has 1 aliphatic heterocycles. The van der Waals surface area contributed by atoms with Gasteiger partial charge in [0.1, 0.15) is 11.8 Å². The molecule has 0 bridgehead atoms. The average molecular weight is 438 g/mol. The third-order valence-electron chi connectivity index (χ3n) is 5.20. The van der Waals surface area contributed by atoms with Gasteiger partial charge in [-0.15, -0.1) is 0 Å². The van der Waals surface area contributed by atoms with Crippen molar-refractivity contribution in [3.8, 4) is 5.75 Å². The summed E-state index contributed by atoms with van der Waals surface area (Å²) in [7, 11) is 1.60. The van der Waals surface area contributed by atoms with Crippen molar-refractivity contribution in [2.45, 2.75) is 33.7 Å². The number of ether oxygens (including phenoxy) is 1. The van der Waals surface area contributed by atoms with Crippen molar-refractivity contribution in [2.24, 2.45) is 5.41 Å². The second-order valence-electron chi connectivity index (χ2n) is 8.46. The molecule has 8 heteroatoms. The maximum atomic E-state index is 13.2. The Kier molecular flexibility index (Phi) is 5.05. The summed E-state index contributed by atoms with van der Waals surface area (Å²) in [6, 6.07) is 8.18. The lowest BCUT2D eigenvalue weighted by molar-refractivity contribution is -0.123. The van der Waals surface area contributed by atoms with Crippen LogP contribution in [-0.2, 0) is 9.59 Å². The molecule has 1 aliphatic rings. The summed E-state index contributed by atoms with van der Waals surface area (Å²) < 4.78 is 6.23. The van der Waals surface area contributed by atoms with Crippen LogP contribution in [0.5, 0.6) is 5.75 Å². The average Bonchev–Trinajstić information content (AvgIpc) is 3.24. The van der Waals surface area contributed by atoms with Crippen LogP contribution in [0, 0.1) is 12.3 Å². The van der Waals surface area contributed by atoms with Gasteiger partial charge < -0.3 is 9.84 Å². The van der Waals surface area contributed by atoms with E-state index in [-0.39, 0.29) is 11.4 Å². The Labute approximate surface area is 184 Å². The van der Waals surface area contributed by atoms with E-state index >= 15 is 0 Å². The molecule has 0 saturated heterocycles. The molecule has 0 saturated carbocycles. The monoisotopic (exact) mass is 437 g/mol. The second kappa shape index (κ2) is 7.46. The number of carbonyl (C=O) groups excluding carboxylic acids is 2. The number of nitrogens with zero attached hydrogens (tertiary/aromatic N) is 3. The van der Waals surface area contributed by atoms with Gasteiger partial charge in [0.05, 0.1) is 28.6 Å². The predicted octanol–water partition coefficient (Wildman–Crippen LogP) is 4.52. The molecule has 1 N–H and O–H groups in total. The van der Waals surface area contributed by atoms with E-state index in [0.29, 0.717) is 16.3 Å². The van der Waals surface area contributed by atoms with E-state index in [1.165, 1.54) is 16.2 Å². The van der Waals surface area contributed by atoms with Gasteiger partial charge in [0.15, 0.2) is 16.7 Å². The van der Waals surface area contributed by atoms with Crippen molar-refractivity contribution in [3.05, 3.63) is 59.1 Å². The standard InChI is InChI=1S/C23H23N3O4S/c1-12-10-14-16(11-15(12)30-5)31-22(25-14)26-18(13-8-6-7-9-24-13)17(19(27)21(26)29)20(28)23(2,3)4/h6-11,18,27H,1-5H3. The minimum atomic E-state index is -0.857. The summed E-state index contributed by atoms with van der Waals surface area (Å²) in [6.45, 7) is 7.18. The highest BCUT2D eigenvalue weighted by Crippen LogP contribution is 2.45. The first kappa shape index (κ1) is 21.0. The summed E-state index contributed by atoms with van der Waals surface area (Å²) in [5.41, 5.74) is 1.38. The van der Waals surface area contributed by atoms with Gasteiger partial charge in [0, 0.05) is 11.6 Å². The number of fused-ring (bicyclic) bond motifs is 1. The quantitative estimate of drug-likeness (QED) is 0.645. The third kappa shape index (κ3) is 3.46. The van der Waals surface area contributed by atoms with Crippen LogP contribution < -0.4 is 9.64 Å². The number of aryl methyl sites for hydroxylation is 1. The van der Waals surface area contributed by atoms with Gasteiger partial charge in [-0.05, 0) is 36.8 Å². The number of aromatic nitrogens is 2. The van der Waals surface area contributed by atoms with Crippen molar-refractivity contribution < 1.29 is 19.4 Å². The minimum Gasteiger partial charge on any atom is -0.503 e. The van der Waals surface area contributed by atoms with Gasteiger partial charge in [-0.1, -0.05) is 38.2 Å². The Morgan fingerprint density at radius 2 is 2.00 bits per heavy atom. The molecule has 31 heavy (non-hydrogen) atoms. The number of Topliss-reactive ketones (excluding diaryl/α,β-unsaturated/α-hetero) is 1. The lowest BCUT2D eigenvalue weighted by Crippen LogP contribution is -2.33. The number of hydrogen-bond donors (Lipinski definition) is 1. The topological polar surface area (TPSA) is 92.6 Å². The van der Waals surface area contributed by atoms with Gasteiger partial charge in [0.2, 0.25) is 0 Å². The lowest BCUT2D eigenvalue weighted by Gasteiger charge is -2.26. The maximum absolute atomic E-state index is 13.2. The third-order valence-corrected chi connectivity index (χ3v) is 6.22. The molecule has 4 rings (SSSR count). The number of anilines is 1. The smallest absolute Gasteiger partial charge is 0.296 e. The summed E-state index contributed by atoms with van der Waals surface area (Å²) in [5, 5.41) is 11.1. The van der Waals surface area contributed by atoms with Crippen molar-refractivity contribution >= 4 is 38.4 Å². The highest BCUT2D eigenvalue weighted by atomic mass is 32.1. The number of carbonyl (C=O) groups is 2. The van der Waals surface area contributed by atoms with Crippen LogP contribution in [0.2, 0.25) is 0 Å². The summed E-state index contributed by atoms with van der Waals surface area (Å²) in [6.07, 6.45) is 1.60. The first-order valence-corrected chi connectivity index (χ1v) is 10.6. The fourth-order valence-corrected chi connectivity index (χ4v) is 4.63. The molecular formula is C23H23N3O4S. The molecule has 1 unspecified atom stereocenters. The van der Waals surface area contributed by atoms with E-state index in [1.54, 1.807) is 52.3 Å². The van der Waals surface area contributed by atoms with Gasteiger partial charge in [0.25, 0.3) is 5.91 Å². The van der Waals surface area contributed by atoms with Crippen LogP contribution in [0.1, 0.15) is 38.1 Å². The number of aliphatic hydroxyl groups excluding tert-OH is 1. The summed E-state index contributed by atoms with van der Waals surface area (Å²) in [5.74, 6) is -0.800. The number of aliphatic hydroxyl groups is 1. The van der Waals surface area contributed by atoms with E-state index in [9.17, 15) is 14.7 Å². The second-order valence-corrected chi connectivity index (χ2v) is 9.47. The van der Waals surface area contributed by atoms with E-state index in [4.69, 9.17) is 4.74 Å². The largest absolute Gasteiger partial charge is 0.503 e. The van der Waals surface area contributed by atoms with E-state index < -0.39 is 23.1 Å². The molecule has 3 aromatic rings. The molecule has 0 aliphatic carbocycles. The molecule has 1 amide bonds. The van der Waals surface area contributed by atoms with E-state index in [2.05, 4.69) is 9.97 Å². The SMILES string of the molecule is COc1cc2sc(N3C(=O)C(O)=C(C(=O)C(C)(C)C)C3c3ccccn3)nc2cc1C. The van der Waals surface area contributed by atoms with Crippen LogP contribution >= 0.6 is 11.3 Å². The van der Waals surface area contributed by atoms with Gasteiger partial charge in [-0.3, -0.25) is 19.5 Å². The predicted molar refractivity (Wildman–Crippen MR) is 119 cm³/mol. The molecule has 1 atom stereocenters. The van der Waals surface area contributed by atoms with Gasteiger partial charge in [-0.25, -0.2) is 4.98 Å². The zero-order valence-electron chi connectivity index (χ0n) is 18.0. The van der Waals surface area contributed by atoms with Crippen LogP contribution in [0.4, 0.5) is 5.13 Å². The zero-order chi connectivity index (χ0) is 22.5. The molecule has 2 aromatic heterocycles. The zero-order valence-corrected chi connectivity index (χ0v) is 18.8. The van der Waals surface area contributed by atoms with E-state index in [1.807, 2.05) is 19.1 Å². The van der Waals surface area contributed by atoms with Crippen LogP contribution in [0.15, 0.2) is 47.9 Å². The number of thiazole rings is 1. The number of methoxy groups -OCH3 is 1. The normalized spacial score (nSPS) is 17.0. The number of rotatable bonds is 4. The Morgan fingerprint density at radius 3 is 2.61 bits per heavy atom. The Bertz CT molecular complexity index is 1220. The fourth-order valence-electron chi connectivity index (χ4n) is 3.63. The molecule has 7 nitrogen and oxygen atoms in total. The highest BCUT2D eigenvalue weighted by Gasteiger charge is 2.48. The van der Waals surface area contributed by atoms with Crippen molar-refractivity contribution in [2.75, 3.05) is 12.0 Å². The summed E-state index contributed by atoms with van der Waals surface area (Å²) in [4.78, 5) is 36.8. The van der Waals surface area contributed by atoms with Crippen LogP contribution in [0.25, 0.3) is 10.2 Å². The number of amides is 1. The maximum Gasteiger partial charge on any atom is 0.296 e. The molecule has 3 heterocycles. The highest BCUT2D eigenvalue weighted by molar-refractivity contribution is 7.22. The number of ketones is 1. The molecular weight excluding hydrogens is 414 g/mol. The summed E-state index contributed by atoms with van der Waals surface area (Å²) >= 11 is 1.30. The lowest BCUT2D eigenvalue weighted by atomic mass is 9.83. The van der Waals surface area contributed by atoms with Crippen LogP contribution in [0.3, 0.4) is 0 Å². The van der Waals surface area contributed by atoms with Gasteiger partial charge in [-0.2, -0.15) is 0 Å². The molecule has 160 valence electrons. The fraction of sp³-hybridized carbons (Fsp3) is 0.304. The number of hydrogen-bond acceptors (Lipinski definition) is 7. The van der Waals surface area contributed by atoms with Crippen molar-refractivity contribution in [3.63, 3.8) is 0 Å². The van der Waals surface area contributed by atoms with Crippen molar-refractivity contribution in [1.82, 2.24) is 9.97 Å². The minimum absolute atomic E-state index is 0.0456. The number of benzene rings is 1. The first-order valence-electron chi connectivity index (χ1n) is 9.81. The molecule has 0 spiro atoms.